The Morgan fingerprint density at radius 3 is 2.30 bits per heavy atom. The zero-order valence-electron chi connectivity index (χ0n) is 20.6. The van der Waals surface area contributed by atoms with E-state index in [0.29, 0.717) is 5.56 Å². The van der Waals surface area contributed by atoms with Crippen LogP contribution >= 0.6 is 0 Å². The highest BCUT2D eigenvalue weighted by molar-refractivity contribution is 6.24. The highest BCUT2D eigenvalue weighted by atomic mass is 16.3. The summed E-state index contributed by atoms with van der Waals surface area (Å²) in [6, 6.07) is 9.85. The van der Waals surface area contributed by atoms with E-state index in [1.165, 1.54) is 11.0 Å². The number of aryl methyl sites for hydroxylation is 1. The molecule has 0 radical (unpaired) electrons. The molecule has 192 valence electrons. The average Bonchev–Trinajstić information content (AvgIpc) is 2.82. The number of likely N-dealkylation sites (N-methyl/N-ethyl adjacent to an activating group) is 1. The lowest BCUT2D eigenvalue weighted by molar-refractivity contribution is -0.148. The number of nitrogens with zero attached hydrogens (tertiary/aromatic N) is 1. The number of hydrogen-bond acceptors (Lipinski definition) is 8. The first-order chi connectivity index (χ1) is 17.4. The Balaban J connectivity index is 1.72. The van der Waals surface area contributed by atoms with Gasteiger partial charge in [-0.1, -0.05) is 35.9 Å². The molecule has 0 fully saturated rings. The van der Waals surface area contributed by atoms with Crippen LogP contribution in [0.5, 0.6) is 5.75 Å². The summed E-state index contributed by atoms with van der Waals surface area (Å²) in [5, 5.41) is 44.5. The standard InChI is InChI=1S/C28H28N2O7/c1-12-4-6-13(7-5-12)15-8-9-18(31)20-16(15)10-14-11-17-22(30(2)3)24(33)21(27(29)36)26(35)28(17,37)25(34)19(14)23(20)32/h4-9,14,17,22,31,33-34,37H,10-11H2,1-3H3,(H2,29,36). The summed E-state index contributed by atoms with van der Waals surface area (Å²) in [4.78, 5) is 40.7. The molecule has 0 spiro atoms. The van der Waals surface area contributed by atoms with Crippen LogP contribution in [0.2, 0.25) is 0 Å². The number of hydrogen-bond donors (Lipinski definition) is 5. The van der Waals surface area contributed by atoms with E-state index in [4.69, 9.17) is 5.73 Å². The van der Waals surface area contributed by atoms with Crippen LogP contribution in [0.3, 0.4) is 0 Å². The van der Waals surface area contributed by atoms with Crippen molar-refractivity contribution in [1.29, 1.82) is 0 Å². The van der Waals surface area contributed by atoms with Crippen molar-refractivity contribution in [3.05, 3.63) is 75.8 Å². The summed E-state index contributed by atoms with van der Waals surface area (Å²) in [6.07, 6.45) is 0.293. The summed E-state index contributed by atoms with van der Waals surface area (Å²) < 4.78 is 0. The van der Waals surface area contributed by atoms with Gasteiger partial charge in [-0.25, -0.2) is 0 Å². The zero-order chi connectivity index (χ0) is 27.0. The van der Waals surface area contributed by atoms with Crippen molar-refractivity contribution in [2.45, 2.75) is 31.4 Å². The highest BCUT2D eigenvalue weighted by Gasteiger charge is 2.63. The molecular weight excluding hydrogens is 476 g/mol. The van der Waals surface area contributed by atoms with Gasteiger partial charge in [0.15, 0.2) is 11.4 Å². The van der Waals surface area contributed by atoms with Gasteiger partial charge in [0.1, 0.15) is 22.8 Å². The Morgan fingerprint density at radius 2 is 1.70 bits per heavy atom. The van der Waals surface area contributed by atoms with E-state index in [0.717, 1.165) is 16.7 Å². The van der Waals surface area contributed by atoms with Gasteiger partial charge >= 0.3 is 0 Å². The van der Waals surface area contributed by atoms with E-state index >= 15 is 0 Å². The van der Waals surface area contributed by atoms with Crippen LogP contribution in [0.25, 0.3) is 11.1 Å². The lowest BCUT2D eigenvalue weighted by Gasteiger charge is -2.50. The summed E-state index contributed by atoms with van der Waals surface area (Å²) >= 11 is 0. The predicted molar refractivity (Wildman–Crippen MR) is 134 cm³/mol. The molecule has 0 saturated heterocycles. The first kappa shape index (κ1) is 24.7. The first-order valence-electron chi connectivity index (χ1n) is 12.0. The predicted octanol–water partition coefficient (Wildman–Crippen LogP) is 2.10. The number of carbonyl (C=O) groups excluding carboxylic acids is 3. The van der Waals surface area contributed by atoms with Crippen molar-refractivity contribution < 1.29 is 34.8 Å². The molecule has 5 rings (SSSR count). The third-order valence-electron chi connectivity index (χ3n) is 7.97. The SMILES string of the molecule is Cc1ccc(-c2ccc(O)c3c2CC2CC4C(N(C)C)C(O)=C(C(N)=O)C(=O)C4(O)C(O)=C2C3=O)cc1. The number of phenolic OH excluding ortho intramolecular Hbond substituents is 1. The molecule has 0 aromatic heterocycles. The fourth-order valence-electron chi connectivity index (χ4n) is 6.25. The van der Waals surface area contributed by atoms with E-state index in [1.54, 1.807) is 20.2 Å². The Morgan fingerprint density at radius 1 is 1.05 bits per heavy atom. The number of Topliss-reactive ketones (excluding diaryl/α,β-unsaturated/α-hetero) is 2. The number of aliphatic hydroxyl groups is 3. The molecule has 9 nitrogen and oxygen atoms in total. The molecule has 3 aliphatic rings. The van der Waals surface area contributed by atoms with Crippen molar-refractivity contribution >= 4 is 17.5 Å². The third-order valence-corrected chi connectivity index (χ3v) is 7.97. The van der Waals surface area contributed by atoms with Crippen molar-refractivity contribution in [3.63, 3.8) is 0 Å². The number of nitrogens with two attached hydrogens (primary N) is 1. The number of amides is 1. The zero-order valence-corrected chi connectivity index (χ0v) is 20.6. The van der Waals surface area contributed by atoms with Crippen LogP contribution < -0.4 is 5.73 Å². The Labute approximate surface area is 213 Å². The lowest BCUT2D eigenvalue weighted by Crippen LogP contribution is -2.63. The van der Waals surface area contributed by atoms with Crippen LogP contribution in [0, 0.1) is 18.8 Å². The van der Waals surface area contributed by atoms with E-state index < -0.39 is 58.0 Å². The van der Waals surface area contributed by atoms with Gasteiger partial charge in [-0.3, -0.25) is 19.3 Å². The molecule has 9 heteroatoms. The maximum absolute atomic E-state index is 13.8. The maximum atomic E-state index is 13.8. The molecule has 0 aliphatic heterocycles. The topological polar surface area (TPSA) is 161 Å². The quantitative estimate of drug-likeness (QED) is 0.397. The average molecular weight is 505 g/mol. The fraction of sp³-hybridized carbons (Fsp3) is 0.321. The van der Waals surface area contributed by atoms with E-state index in [2.05, 4.69) is 0 Å². The van der Waals surface area contributed by atoms with Gasteiger partial charge < -0.3 is 26.2 Å². The Bertz CT molecular complexity index is 1440. The number of phenols is 1. The molecule has 0 saturated carbocycles. The van der Waals surface area contributed by atoms with E-state index in [9.17, 15) is 34.8 Å². The molecule has 37 heavy (non-hydrogen) atoms. The minimum Gasteiger partial charge on any atom is -0.510 e. The number of rotatable bonds is 3. The van der Waals surface area contributed by atoms with Gasteiger partial charge in [-0.2, -0.15) is 0 Å². The Kier molecular flexibility index (Phi) is 5.54. The molecule has 4 unspecified atom stereocenters. The van der Waals surface area contributed by atoms with E-state index in [1.807, 2.05) is 31.2 Å². The molecule has 1 amide bonds. The minimum absolute atomic E-state index is 0.00106. The van der Waals surface area contributed by atoms with Gasteiger partial charge in [0.2, 0.25) is 5.78 Å². The smallest absolute Gasteiger partial charge is 0.255 e. The van der Waals surface area contributed by atoms with Gasteiger partial charge in [0.25, 0.3) is 5.91 Å². The number of aromatic hydroxyl groups is 1. The summed E-state index contributed by atoms with van der Waals surface area (Å²) in [5.74, 6) is -6.60. The number of allylic oxidation sites excluding steroid dienone is 1. The number of benzene rings is 2. The number of aliphatic hydroxyl groups excluding tert-OH is 2. The molecule has 2 aromatic carbocycles. The van der Waals surface area contributed by atoms with Crippen molar-refractivity contribution in [1.82, 2.24) is 4.90 Å². The van der Waals surface area contributed by atoms with Gasteiger partial charge in [-0.05, 0) is 62.5 Å². The van der Waals surface area contributed by atoms with E-state index in [-0.39, 0.29) is 29.7 Å². The summed E-state index contributed by atoms with van der Waals surface area (Å²) in [5.41, 5.74) is 4.99. The van der Waals surface area contributed by atoms with Gasteiger partial charge in [-0.15, -0.1) is 0 Å². The second-order valence-corrected chi connectivity index (χ2v) is 10.3. The number of carbonyl (C=O) groups is 3. The highest BCUT2D eigenvalue weighted by Crippen LogP contribution is 2.53. The second kappa shape index (κ2) is 8.29. The summed E-state index contributed by atoms with van der Waals surface area (Å²) in [7, 11) is 3.20. The van der Waals surface area contributed by atoms with Gasteiger partial charge in [0.05, 0.1) is 11.6 Å². The van der Waals surface area contributed by atoms with Crippen molar-refractivity contribution in [2.75, 3.05) is 14.1 Å². The summed E-state index contributed by atoms with van der Waals surface area (Å²) in [6.45, 7) is 1.96. The van der Waals surface area contributed by atoms with Crippen LogP contribution in [0.15, 0.2) is 59.1 Å². The molecule has 0 heterocycles. The number of ketones is 2. The minimum atomic E-state index is -2.64. The van der Waals surface area contributed by atoms with Crippen LogP contribution in [0.1, 0.15) is 27.9 Å². The molecular formula is C28H28N2O7. The normalized spacial score (nSPS) is 27.2. The van der Waals surface area contributed by atoms with Crippen LogP contribution in [0.4, 0.5) is 0 Å². The van der Waals surface area contributed by atoms with Gasteiger partial charge in [0, 0.05) is 11.5 Å². The largest absolute Gasteiger partial charge is 0.510 e. The van der Waals surface area contributed by atoms with Crippen molar-refractivity contribution in [3.8, 4) is 16.9 Å². The van der Waals surface area contributed by atoms with Crippen LogP contribution in [-0.2, 0) is 16.0 Å². The van der Waals surface area contributed by atoms with Crippen LogP contribution in [-0.4, -0.2) is 68.5 Å². The first-order valence-corrected chi connectivity index (χ1v) is 12.0. The van der Waals surface area contributed by atoms with Crippen molar-refractivity contribution in [2.24, 2.45) is 17.6 Å². The Hall–Kier alpha value is -3.95. The lowest BCUT2D eigenvalue weighted by atomic mass is 9.58. The third kappa shape index (κ3) is 3.34. The molecule has 4 atom stereocenters. The molecule has 2 aromatic rings. The maximum Gasteiger partial charge on any atom is 0.255 e. The number of primary amides is 1. The molecule has 6 N–H and O–H groups in total. The second-order valence-electron chi connectivity index (χ2n) is 10.3. The molecule has 0 bridgehead atoms. The monoisotopic (exact) mass is 504 g/mol. The fourth-order valence-corrected chi connectivity index (χ4v) is 6.25. The number of fused-ring (bicyclic) bond motifs is 3. The molecule has 3 aliphatic carbocycles.